The van der Waals surface area contributed by atoms with Crippen molar-refractivity contribution in [2.75, 3.05) is 25.1 Å². The number of nitrogens with one attached hydrogen (secondary N) is 1. The molecule has 7 rings (SSSR count). The first-order valence-electron chi connectivity index (χ1n) is 16.7. The zero-order chi connectivity index (χ0) is 37.3. The molecular weight excluding hydrogens is 693 g/mol. The number of carbonyl (C=O) groups is 1. The molecule has 0 aliphatic heterocycles. The Balaban J connectivity index is 1.50. The van der Waals surface area contributed by atoms with Crippen LogP contribution in [0.1, 0.15) is 32.6 Å². The molecular formula is C42H35F2N5O3S. The van der Waals surface area contributed by atoms with Crippen LogP contribution in [0, 0.1) is 11.6 Å². The fraction of sp³-hybridized carbons (Fsp3) is 0.0952. The first kappa shape index (κ1) is 35.2. The second kappa shape index (κ2) is 14.1. The number of sulfone groups is 1. The lowest BCUT2D eigenvalue weighted by Crippen LogP contribution is -2.38. The molecule has 1 amide bonds. The van der Waals surface area contributed by atoms with Crippen molar-refractivity contribution in [2.45, 2.75) is 21.9 Å². The highest BCUT2D eigenvalue weighted by Crippen LogP contribution is 2.44. The van der Waals surface area contributed by atoms with Crippen LogP contribution < -0.4 is 11.1 Å². The van der Waals surface area contributed by atoms with Gasteiger partial charge in [-0.15, -0.1) is 0 Å². The SMILES string of the molecule is CN(C)Cc1ccc(C(=O)Nc2nn(C(c3ccccc3)(c3ccccc3)c3ccccc3)c3ccc(S(=O)(=O)c4cc(F)cc(F)c4)cc23)c(N)c1. The predicted molar refractivity (Wildman–Crippen MR) is 202 cm³/mol. The molecule has 1 aromatic heterocycles. The highest BCUT2D eigenvalue weighted by Gasteiger charge is 2.41. The van der Waals surface area contributed by atoms with Crippen LogP contribution >= 0.6 is 0 Å². The first-order valence-corrected chi connectivity index (χ1v) is 18.2. The van der Waals surface area contributed by atoms with Crippen molar-refractivity contribution < 1.29 is 22.0 Å². The first-order chi connectivity index (χ1) is 25.5. The van der Waals surface area contributed by atoms with E-state index >= 15 is 0 Å². The van der Waals surface area contributed by atoms with Gasteiger partial charge in [-0.05, 0) is 78.8 Å². The summed E-state index contributed by atoms with van der Waals surface area (Å²) in [5.74, 6) is -2.57. The van der Waals surface area contributed by atoms with E-state index in [1.807, 2.05) is 116 Å². The third-order valence-corrected chi connectivity index (χ3v) is 10.8. The van der Waals surface area contributed by atoms with Crippen molar-refractivity contribution in [3.05, 3.63) is 185 Å². The Morgan fingerprint density at radius 3 is 1.79 bits per heavy atom. The number of hydrogen-bond donors (Lipinski definition) is 2. The Bertz CT molecular complexity index is 2440. The van der Waals surface area contributed by atoms with Gasteiger partial charge in [0.2, 0.25) is 9.84 Å². The number of nitrogen functional groups attached to an aromatic ring is 1. The van der Waals surface area contributed by atoms with E-state index in [0.29, 0.717) is 18.1 Å². The molecule has 0 atom stereocenters. The van der Waals surface area contributed by atoms with Gasteiger partial charge >= 0.3 is 0 Å². The molecule has 0 radical (unpaired) electrons. The number of halogens is 2. The number of fused-ring (bicyclic) bond motifs is 1. The van der Waals surface area contributed by atoms with E-state index < -0.39 is 37.8 Å². The van der Waals surface area contributed by atoms with E-state index in [4.69, 9.17) is 10.8 Å². The van der Waals surface area contributed by atoms with Crippen molar-refractivity contribution in [3.8, 4) is 0 Å². The Morgan fingerprint density at radius 1 is 0.736 bits per heavy atom. The van der Waals surface area contributed by atoms with Gasteiger partial charge in [0.15, 0.2) is 5.82 Å². The zero-order valence-electron chi connectivity index (χ0n) is 28.9. The number of nitrogens with zero attached hydrogens (tertiary/aromatic N) is 3. The Labute approximate surface area is 306 Å². The molecule has 6 aromatic carbocycles. The van der Waals surface area contributed by atoms with E-state index in [1.165, 1.54) is 12.1 Å². The van der Waals surface area contributed by atoms with E-state index in [2.05, 4.69) is 5.32 Å². The maximum Gasteiger partial charge on any atom is 0.258 e. The van der Waals surface area contributed by atoms with E-state index in [9.17, 15) is 22.0 Å². The summed E-state index contributed by atoms with van der Waals surface area (Å²) in [5, 5.41) is 8.27. The van der Waals surface area contributed by atoms with Crippen molar-refractivity contribution in [3.63, 3.8) is 0 Å². The number of nitrogens with two attached hydrogens (primary N) is 1. The lowest BCUT2D eigenvalue weighted by Gasteiger charge is -2.37. The number of rotatable bonds is 10. The Hall–Kier alpha value is -6.17. The Kier molecular flexibility index (Phi) is 9.37. The highest BCUT2D eigenvalue weighted by atomic mass is 32.2. The molecule has 3 N–H and O–H groups in total. The van der Waals surface area contributed by atoms with Crippen LogP contribution in [-0.2, 0) is 21.9 Å². The summed E-state index contributed by atoms with van der Waals surface area (Å²) in [7, 11) is -0.574. The molecule has 0 spiro atoms. The van der Waals surface area contributed by atoms with Crippen molar-refractivity contribution >= 4 is 38.2 Å². The fourth-order valence-corrected chi connectivity index (χ4v) is 8.12. The number of aromatic nitrogens is 2. The molecule has 0 aliphatic carbocycles. The number of benzene rings is 6. The van der Waals surface area contributed by atoms with Crippen molar-refractivity contribution in [1.29, 1.82) is 0 Å². The largest absolute Gasteiger partial charge is 0.398 e. The fourth-order valence-electron chi connectivity index (χ4n) is 6.79. The van der Waals surface area contributed by atoms with Gasteiger partial charge in [-0.3, -0.25) is 4.79 Å². The van der Waals surface area contributed by atoms with Gasteiger partial charge in [0, 0.05) is 23.7 Å². The molecule has 0 fully saturated rings. The van der Waals surface area contributed by atoms with Crippen LogP contribution in [0.15, 0.2) is 155 Å². The molecule has 1 heterocycles. The van der Waals surface area contributed by atoms with Crippen LogP contribution in [0.4, 0.5) is 20.3 Å². The van der Waals surface area contributed by atoms with E-state index in [0.717, 1.165) is 34.4 Å². The minimum Gasteiger partial charge on any atom is -0.398 e. The van der Waals surface area contributed by atoms with Gasteiger partial charge in [-0.1, -0.05) is 97.1 Å². The number of hydrogen-bond acceptors (Lipinski definition) is 6. The monoisotopic (exact) mass is 727 g/mol. The Morgan fingerprint density at radius 2 is 1.28 bits per heavy atom. The molecule has 0 aliphatic rings. The van der Waals surface area contributed by atoms with Crippen LogP contribution in [0.2, 0.25) is 0 Å². The standard InChI is InChI=1S/C42H35F2N5O3S/c1-48(2)27-28-18-20-36(38(45)22-28)41(50)46-40-37-26-34(53(51,52)35-24-32(43)23-33(44)25-35)19-21-39(37)49(47-40)42(29-12-6-3-7-13-29,30-14-8-4-9-15-30)31-16-10-5-11-17-31/h3-26H,27,45H2,1-2H3,(H,46,47,50). The minimum absolute atomic E-state index is 0.0522. The molecule has 0 bridgehead atoms. The third kappa shape index (κ3) is 6.56. The highest BCUT2D eigenvalue weighted by molar-refractivity contribution is 7.91. The average Bonchev–Trinajstić information content (AvgIpc) is 3.50. The topological polar surface area (TPSA) is 110 Å². The average molecular weight is 728 g/mol. The van der Waals surface area contributed by atoms with Crippen molar-refractivity contribution in [1.82, 2.24) is 14.7 Å². The number of amides is 1. The second-order valence-electron chi connectivity index (χ2n) is 13.0. The normalized spacial score (nSPS) is 11.9. The van der Waals surface area contributed by atoms with Gasteiger partial charge < -0.3 is 16.0 Å². The smallest absolute Gasteiger partial charge is 0.258 e. The van der Waals surface area contributed by atoms with Crippen LogP contribution in [-0.4, -0.2) is 43.1 Å². The molecule has 53 heavy (non-hydrogen) atoms. The molecule has 266 valence electrons. The predicted octanol–water partition coefficient (Wildman–Crippen LogP) is 7.88. The lowest BCUT2D eigenvalue weighted by molar-refractivity contribution is 0.102. The van der Waals surface area contributed by atoms with Gasteiger partial charge in [-0.25, -0.2) is 21.9 Å². The van der Waals surface area contributed by atoms with Gasteiger partial charge in [0.25, 0.3) is 5.91 Å². The summed E-state index contributed by atoms with van der Waals surface area (Å²) in [4.78, 5) is 15.2. The summed E-state index contributed by atoms with van der Waals surface area (Å²) in [6.07, 6.45) is 0. The van der Waals surface area contributed by atoms with Crippen LogP contribution in [0.5, 0.6) is 0 Å². The third-order valence-electron chi connectivity index (χ3n) is 9.09. The zero-order valence-corrected chi connectivity index (χ0v) is 29.7. The van der Waals surface area contributed by atoms with E-state index in [-0.39, 0.29) is 27.4 Å². The summed E-state index contributed by atoms with van der Waals surface area (Å²) < 4.78 is 58.1. The molecule has 0 saturated heterocycles. The molecule has 0 saturated carbocycles. The van der Waals surface area contributed by atoms with Crippen molar-refractivity contribution in [2.24, 2.45) is 0 Å². The minimum atomic E-state index is -4.43. The van der Waals surface area contributed by atoms with E-state index in [1.54, 1.807) is 22.9 Å². The molecule has 8 nitrogen and oxygen atoms in total. The molecule has 7 aromatic rings. The number of carbonyl (C=O) groups excluding carboxylic acids is 1. The lowest BCUT2D eigenvalue weighted by atomic mass is 9.77. The number of anilines is 2. The maximum absolute atomic E-state index is 14.3. The molecule has 11 heteroatoms. The molecule has 0 unspecified atom stereocenters. The quantitative estimate of drug-likeness (QED) is 0.110. The van der Waals surface area contributed by atoms with Gasteiger partial charge in [0.05, 0.1) is 20.9 Å². The summed E-state index contributed by atoms with van der Waals surface area (Å²) in [6, 6.07) is 40.9. The summed E-state index contributed by atoms with van der Waals surface area (Å²) in [5.41, 5.74) is 9.62. The van der Waals surface area contributed by atoms with Crippen LogP contribution in [0.3, 0.4) is 0 Å². The second-order valence-corrected chi connectivity index (χ2v) is 14.9. The van der Waals surface area contributed by atoms with Gasteiger partial charge in [-0.2, -0.15) is 5.10 Å². The van der Waals surface area contributed by atoms with Gasteiger partial charge in [0.1, 0.15) is 17.2 Å². The summed E-state index contributed by atoms with van der Waals surface area (Å²) in [6.45, 7) is 0.619. The summed E-state index contributed by atoms with van der Waals surface area (Å²) >= 11 is 0. The van der Waals surface area contributed by atoms with Crippen LogP contribution in [0.25, 0.3) is 10.9 Å². The maximum atomic E-state index is 14.3.